The molecule has 0 amide bonds. The molecule has 0 aromatic carbocycles. The zero-order chi connectivity index (χ0) is 12.8. The highest BCUT2D eigenvalue weighted by atomic mass is 32.1. The van der Waals surface area contributed by atoms with Crippen molar-refractivity contribution in [3.05, 3.63) is 21.9 Å². The number of hydrogen-bond donors (Lipinski definition) is 2. The Bertz CT molecular complexity index is 391. The molecule has 18 heavy (non-hydrogen) atoms. The Hall–Kier alpha value is -1.03. The Morgan fingerprint density at radius 3 is 2.83 bits per heavy atom. The second kappa shape index (κ2) is 6.78. The van der Waals surface area contributed by atoms with Crippen molar-refractivity contribution >= 4 is 17.3 Å². The molecule has 1 heterocycles. The smallest absolute Gasteiger partial charge is 0.191 e. The second-order valence-electron chi connectivity index (χ2n) is 4.85. The molecule has 1 fully saturated rings. The van der Waals surface area contributed by atoms with Crippen molar-refractivity contribution in [2.45, 2.75) is 52.1 Å². The molecule has 2 N–H and O–H groups in total. The molecule has 0 spiro atoms. The molecule has 1 aromatic heterocycles. The minimum Gasteiger partial charge on any atom is -0.357 e. The molecule has 2 rings (SSSR count). The molecular formula is C14H23N3S. The average molecular weight is 265 g/mol. The molecular weight excluding hydrogens is 242 g/mol. The Labute approximate surface area is 114 Å². The minimum absolute atomic E-state index is 0.618. The summed E-state index contributed by atoms with van der Waals surface area (Å²) < 4.78 is 0. The van der Waals surface area contributed by atoms with Gasteiger partial charge in [0.2, 0.25) is 0 Å². The Balaban J connectivity index is 1.93. The molecule has 4 heteroatoms. The van der Waals surface area contributed by atoms with Gasteiger partial charge in [-0.15, -0.1) is 11.3 Å². The summed E-state index contributed by atoms with van der Waals surface area (Å²) in [6.45, 7) is 5.97. The number of rotatable bonds is 4. The molecule has 1 aliphatic carbocycles. The lowest BCUT2D eigenvalue weighted by Crippen LogP contribution is -2.42. The quantitative estimate of drug-likeness (QED) is 0.648. The van der Waals surface area contributed by atoms with Gasteiger partial charge in [-0.25, -0.2) is 4.99 Å². The van der Waals surface area contributed by atoms with E-state index in [1.54, 1.807) is 11.3 Å². The lowest BCUT2D eigenvalue weighted by Gasteiger charge is -2.16. The predicted molar refractivity (Wildman–Crippen MR) is 79.3 cm³/mol. The van der Waals surface area contributed by atoms with E-state index in [1.165, 1.54) is 36.1 Å². The number of aryl methyl sites for hydroxylation is 1. The van der Waals surface area contributed by atoms with Crippen LogP contribution < -0.4 is 10.6 Å². The first-order chi connectivity index (χ1) is 8.79. The monoisotopic (exact) mass is 265 g/mol. The van der Waals surface area contributed by atoms with Crippen molar-refractivity contribution in [3.63, 3.8) is 0 Å². The summed E-state index contributed by atoms with van der Waals surface area (Å²) in [5.74, 6) is 0.970. The van der Waals surface area contributed by atoms with Crippen molar-refractivity contribution in [3.8, 4) is 0 Å². The molecule has 1 aliphatic rings. The van der Waals surface area contributed by atoms with Crippen LogP contribution in [0.4, 0.5) is 0 Å². The van der Waals surface area contributed by atoms with E-state index < -0.39 is 0 Å². The van der Waals surface area contributed by atoms with Crippen molar-refractivity contribution in [1.29, 1.82) is 0 Å². The molecule has 0 unspecified atom stereocenters. The van der Waals surface area contributed by atoms with E-state index >= 15 is 0 Å². The van der Waals surface area contributed by atoms with Gasteiger partial charge in [0.25, 0.3) is 0 Å². The van der Waals surface area contributed by atoms with Gasteiger partial charge in [-0.1, -0.05) is 12.8 Å². The van der Waals surface area contributed by atoms with E-state index in [9.17, 15) is 0 Å². The largest absolute Gasteiger partial charge is 0.357 e. The minimum atomic E-state index is 0.618. The molecule has 0 saturated heterocycles. The highest BCUT2D eigenvalue weighted by Gasteiger charge is 2.15. The third-order valence-corrected chi connectivity index (χ3v) is 4.40. The molecule has 0 aliphatic heterocycles. The Morgan fingerprint density at radius 1 is 1.44 bits per heavy atom. The lowest BCUT2D eigenvalue weighted by molar-refractivity contribution is 0.614. The van der Waals surface area contributed by atoms with Gasteiger partial charge in [-0.2, -0.15) is 0 Å². The summed E-state index contributed by atoms with van der Waals surface area (Å²) in [6, 6.07) is 2.78. The van der Waals surface area contributed by atoms with Gasteiger partial charge in [-0.3, -0.25) is 0 Å². The maximum absolute atomic E-state index is 4.69. The fourth-order valence-corrected chi connectivity index (χ4v) is 3.13. The number of nitrogens with zero attached hydrogens (tertiary/aromatic N) is 1. The van der Waals surface area contributed by atoms with Gasteiger partial charge >= 0.3 is 0 Å². The van der Waals surface area contributed by atoms with Crippen molar-refractivity contribution in [2.24, 2.45) is 4.99 Å². The van der Waals surface area contributed by atoms with E-state index in [0.717, 1.165) is 19.0 Å². The standard InChI is InChI=1S/C14H23N3S/c1-3-15-14(17-12-6-4-5-7-12)16-10-13-11(2)8-9-18-13/h8-9,12H,3-7,10H2,1-2H3,(H2,15,16,17). The van der Waals surface area contributed by atoms with Gasteiger partial charge in [0, 0.05) is 17.5 Å². The van der Waals surface area contributed by atoms with Gasteiger partial charge in [0.1, 0.15) is 0 Å². The maximum Gasteiger partial charge on any atom is 0.191 e. The van der Waals surface area contributed by atoms with Crippen molar-refractivity contribution < 1.29 is 0 Å². The third-order valence-electron chi connectivity index (χ3n) is 3.39. The molecule has 0 atom stereocenters. The van der Waals surface area contributed by atoms with Crippen molar-refractivity contribution in [1.82, 2.24) is 10.6 Å². The van der Waals surface area contributed by atoms with E-state index in [4.69, 9.17) is 0 Å². The van der Waals surface area contributed by atoms with Crippen LogP contribution in [0.15, 0.2) is 16.4 Å². The van der Waals surface area contributed by atoms with E-state index in [-0.39, 0.29) is 0 Å². The van der Waals surface area contributed by atoms with Crippen LogP contribution in [0.25, 0.3) is 0 Å². The van der Waals surface area contributed by atoms with Crippen LogP contribution in [0, 0.1) is 6.92 Å². The Kier molecular flexibility index (Phi) is 5.05. The van der Waals surface area contributed by atoms with Crippen LogP contribution in [0.1, 0.15) is 43.0 Å². The molecule has 1 aromatic rings. The van der Waals surface area contributed by atoms with E-state index in [2.05, 4.69) is 40.9 Å². The Morgan fingerprint density at radius 2 is 2.22 bits per heavy atom. The second-order valence-corrected chi connectivity index (χ2v) is 5.85. The van der Waals surface area contributed by atoms with Gasteiger partial charge in [0.15, 0.2) is 5.96 Å². The summed E-state index contributed by atoms with van der Waals surface area (Å²) in [6.07, 6.45) is 5.26. The van der Waals surface area contributed by atoms with Crippen LogP contribution in [-0.2, 0) is 6.54 Å². The van der Waals surface area contributed by atoms with Gasteiger partial charge in [-0.05, 0) is 43.7 Å². The van der Waals surface area contributed by atoms with E-state index in [0.29, 0.717) is 6.04 Å². The number of nitrogens with one attached hydrogen (secondary N) is 2. The molecule has 1 saturated carbocycles. The molecule has 0 radical (unpaired) electrons. The van der Waals surface area contributed by atoms with Crippen LogP contribution >= 0.6 is 11.3 Å². The number of hydrogen-bond acceptors (Lipinski definition) is 2. The zero-order valence-corrected chi connectivity index (χ0v) is 12.1. The first-order valence-electron chi connectivity index (χ1n) is 6.87. The third kappa shape index (κ3) is 3.73. The maximum atomic E-state index is 4.69. The van der Waals surface area contributed by atoms with Gasteiger partial charge < -0.3 is 10.6 Å². The SMILES string of the molecule is CCNC(=NCc1sccc1C)NC1CCCC1. The highest BCUT2D eigenvalue weighted by Crippen LogP contribution is 2.18. The number of aliphatic imine (C=N–C) groups is 1. The predicted octanol–water partition coefficient (Wildman–Crippen LogP) is 3.05. The van der Waals surface area contributed by atoms with Crippen LogP contribution in [0.2, 0.25) is 0 Å². The first-order valence-corrected chi connectivity index (χ1v) is 7.75. The van der Waals surface area contributed by atoms with Crippen LogP contribution in [0.3, 0.4) is 0 Å². The first kappa shape index (κ1) is 13.4. The normalized spacial score (nSPS) is 17.1. The summed E-state index contributed by atoms with van der Waals surface area (Å²) in [5, 5.41) is 9.01. The average Bonchev–Trinajstić information content (AvgIpc) is 2.98. The number of guanidine groups is 1. The van der Waals surface area contributed by atoms with Crippen molar-refractivity contribution in [2.75, 3.05) is 6.54 Å². The van der Waals surface area contributed by atoms with E-state index in [1.807, 2.05) is 0 Å². The van der Waals surface area contributed by atoms with Crippen LogP contribution in [-0.4, -0.2) is 18.5 Å². The summed E-state index contributed by atoms with van der Waals surface area (Å²) >= 11 is 1.79. The molecule has 0 bridgehead atoms. The highest BCUT2D eigenvalue weighted by molar-refractivity contribution is 7.10. The summed E-state index contributed by atoms with van der Waals surface area (Å²) in [5.41, 5.74) is 1.35. The fraction of sp³-hybridized carbons (Fsp3) is 0.643. The van der Waals surface area contributed by atoms with Gasteiger partial charge in [0.05, 0.1) is 6.54 Å². The fourth-order valence-electron chi connectivity index (χ4n) is 2.30. The van der Waals surface area contributed by atoms with Crippen LogP contribution in [0.5, 0.6) is 0 Å². The lowest BCUT2D eigenvalue weighted by atomic mass is 10.2. The molecule has 3 nitrogen and oxygen atoms in total. The molecule has 100 valence electrons. The zero-order valence-electron chi connectivity index (χ0n) is 11.3. The topological polar surface area (TPSA) is 36.4 Å². The summed E-state index contributed by atoms with van der Waals surface area (Å²) in [7, 11) is 0. The summed E-state index contributed by atoms with van der Waals surface area (Å²) in [4.78, 5) is 6.04. The number of thiophene rings is 1.